The fraction of sp³-hybridized carbons (Fsp3) is 0.533. The van der Waals surface area contributed by atoms with Crippen LogP contribution in [0.4, 0.5) is 0 Å². The Bertz CT molecular complexity index is 518. The van der Waals surface area contributed by atoms with E-state index in [0.717, 1.165) is 29.7 Å². The van der Waals surface area contributed by atoms with Gasteiger partial charge in [0.05, 0.1) is 23.7 Å². The number of benzene rings is 1. The van der Waals surface area contributed by atoms with E-state index in [4.69, 9.17) is 0 Å². The molecule has 1 aromatic carbocycles. The van der Waals surface area contributed by atoms with Gasteiger partial charge in [0.2, 0.25) is 0 Å². The predicted octanol–water partition coefficient (Wildman–Crippen LogP) is 3.01. The van der Waals surface area contributed by atoms with Crippen LogP contribution in [0.1, 0.15) is 33.0 Å². The van der Waals surface area contributed by atoms with Crippen molar-refractivity contribution in [3.63, 3.8) is 0 Å². The van der Waals surface area contributed by atoms with Crippen molar-refractivity contribution in [2.75, 3.05) is 0 Å². The monoisotopic (exact) mass is 246 g/mol. The van der Waals surface area contributed by atoms with E-state index in [2.05, 4.69) is 36.4 Å². The van der Waals surface area contributed by atoms with Crippen LogP contribution in [-0.2, 0) is 13.0 Å². The smallest absolute Gasteiger partial charge is 0.109 e. The van der Waals surface area contributed by atoms with Crippen LogP contribution in [0.2, 0.25) is 0 Å². The number of aliphatic hydroxyl groups is 1. The molecule has 1 aromatic heterocycles. The maximum atomic E-state index is 10.2. The van der Waals surface area contributed by atoms with Crippen molar-refractivity contribution in [1.29, 1.82) is 0 Å². The number of fused-ring (bicyclic) bond motifs is 1. The molecule has 2 atom stereocenters. The first-order valence-corrected chi connectivity index (χ1v) is 6.79. The molecule has 0 spiro atoms. The fourth-order valence-corrected chi connectivity index (χ4v) is 2.24. The zero-order chi connectivity index (χ0) is 13.1. The molecule has 0 aliphatic carbocycles. The average Bonchev–Trinajstić information content (AvgIpc) is 2.76. The van der Waals surface area contributed by atoms with Crippen molar-refractivity contribution >= 4 is 11.0 Å². The highest BCUT2D eigenvalue weighted by atomic mass is 16.3. The van der Waals surface area contributed by atoms with Crippen molar-refractivity contribution in [2.24, 2.45) is 5.92 Å². The van der Waals surface area contributed by atoms with E-state index < -0.39 is 0 Å². The second-order valence-electron chi connectivity index (χ2n) is 4.93. The Morgan fingerprint density at radius 1 is 1.28 bits per heavy atom. The summed E-state index contributed by atoms with van der Waals surface area (Å²) in [5.41, 5.74) is 2.14. The van der Waals surface area contributed by atoms with Gasteiger partial charge in [-0.05, 0) is 18.1 Å². The van der Waals surface area contributed by atoms with E-state index in [1.807, 2.05) is 18.2 Å². The summed E-state index contributed by atoms with van der Waals surface area (Å²) in [6.45, 7) is 6.95. The summed E-state index contributed by atoms with van der Waals surface area (Å²) in [4.78, 5) is 4.62. The van der Waals surface area contributed by atoms with E-state index >= 15 is 0 Å². The first-order chi connectivity index (χ1) is 8.67. The van der Waals surface area contributed by atoms with Gasteiger partial charge in [-0.15, -0.1) is 0 Å². The Morgan fingerprint density at radius 3 is 2.67 bits per heavy atom. The van der Waals surface area contributed by atoms with Gasteiger partial charge in [-0.2, -0.15) is 0 Å². The first-order valence-electron chi connectivity index (χ1n) is 6.79. The van der Waals surface area contributed by atoms with Crippen LogP contribution in [-0.4, -0.2) is 20.8 Å². The van der Waals surface area contributed by atoms with Crippen molar-refractivity contribution in [1.82, 2.24) is 9.55 Å². The lowest BCUT2D eigenvalue weighted by atomic mass is 10.0. The standard InChI is InChI=1S/C15H22N2O/c1-4-11(3)14(18)10-17-13-9-7-6-8-12(13)16-15(17)5-2/h6-9,11,14,18H,4-5,10H2,1-3H3. The highest BCUT2D eigenvalue weighted by molar-refractivity contribution is 5.75. The van der Waals surface area contributed by atoms with Gasteiger partial charge < -0.3 is 9.67 Å². The maximum absolute atomic E-state index is 10.2. The molecule has 2 unspecified atom stereocenters. The lowest BCUT2D eigenvalue weighted by Gasteiger charge is -2.19. The maximum Gasteiger partial charge on any atom is 0.109 e. The molecule has 3 heteroatoms. The molecule has 98 valence electrons. The third kappa shape index (κ3) is 2.41. The van der Waals surface area contributed by atoms with Gasteiger partial charge in [0.25, 0.3) is 0 Å². The largest absolute Gasteiger partial charge is 0.391 e. The Morgan fingerprint density at radius 2 is 2.00 bits per heavy atom. The van der Waals surface area contributed by atoms with Crippen LogP contribution >= 0.6 is 0 Å². The molecule has 3 nitrogen and oxygen atoms in total. The van der Waals surface area contributed by atoms with Gasteiger partial charge in [0.15, 0.2) is 0 Å². The number of aryl methyl sites for hydroxylation is 1. The van der Waals surface area contributed by atoms with E-state index in [-0.39, 0.29) is 6.10 Å². The Labute approximate surface area is 108 Å². The van der Waals surface area contributed by atoms with Crippen LogP contribution in [0.5, 0.6) is 0 Å². The zero-order valence-corrected chi connectivity index (χ0v) is 11.4. The zero-order valence-electron chi connectivity index (χ0n) is 11.4. The number of rotatable bonds is 5. The summed E-state index contributed by atoms with van der Waals surface area (Å²) in [6, 6.07) is 8.13. The number of nitrogens with zero attached hydrogens (tertiary/aromatic N) is 2. The normalized spacial score (nSPS) is 14.9. The molecular formula is C15H22N2O. The molecule has 0 fully saturated rings. The van der Waals surface area contributed by atoms with Crippen molar-refractivity contribution in [3.8, 4) is 0 Å². The highest BCUT2D eigenvalue weighted by Crippen LogP contribution is 2.19. The van der Waals surface area contributed by atoms with Crippen LogP contribution in [0.25, 0.3) is 11.0 Å². The first kappa shape index (κ1) is 13.1. The number of hydrogen-bond acceptors (Lipinski definition) is 2. The minimum Gasteiger partial charge on any atom is -0.391 e. The molecule has 0 aliphatic heterocycles. The second kappa shape index (κ2) is 5.53. The topological polar surface area (TPSA) is 38.0 Å². The van der Waals surface area contributed by atoms with Crippen molar-refractivity contribution in [2.45, 2.75) is 46.3 Å². The van der Waals surface area contributed by atoms with E-state index in [0.29, 0.717) is 12.5 Å². The van der Waals surface area contributed by atoms with Crippen LogP contribution in [0.15, 0.2) is 24.3 Å². The third-order valence-corrected chi connectivity index (χ3v) is 3.72. The summed E-state index contributed by atoms with van der Waals surface area (Å²) in [6.07, 6.45) is 1.58. The predicted molar refractivity (Wildman–Crippen MR) is 74.6 cm³/mol. The van der Waals surface area contributed by atoms with Crippen molar-refractivity contribution < 1.29 is 5.11 Å². The average molecular weight is 246 g/mol. The summed E-state index contributed by atoms with van der Waals surface area (Å²) >= 11 is 0. The number of hydrogen-bond donors (Lipinski definition) is 1. The van der Waals surface area contributed by atoms with E-state index in [9.17, 15) is 5.11 Å². The van der Waals surface area contributed by atoms with Gasteiger partial charge in [-0.3, -0.25) is 0 Å². The molecule has 0 amide bonds. The number of imidazole rings is 1. The van der Waals surface area contributed by atoms with Crippen LogP contribution in [0.3, 0.4) is 0 Å². The molecule has 18 heavy (non-hydrogen) atoms. The van der Waals surface area contributed by atoms with Gasteiger partial charge in [0.1, 0.15) is 5.82 Å². The fourth-order valence-electron chi connectivity index (χ4n) is 2.24. The third-order valence-electron chi connectivity index (χ3n) is 3.72. The minimum atomic E-state index is -0.307. The molecule has 0 radical (unpaired) electrons. The van der Waals surface area contributed by atoms with E-state index in [1.54, 1.807) is 0 Å². The van der Waals surface area contributed by atoms with E-state index in [1.165, 1.54) is 0 Å². The Hall–Kier alpha value is -1.35. The summed E-state index contributed by atoms with van der Waals surface area (Å²) in [7, 11) is 0. The van der Waals surface area contributed by atoms with Crippen LogP contribution < -0.4 is 0 Å². The van der Waals surface area contributed by atoms with Gasteiger partial charge in [0, 0.05) is 6.42 Å². The molecule has 0 bridgehead atoms. The molecule has 0 saturated carbocycles. The van der Waals surface area contributed by atoms with Gasteiger partial charge >= 0.3 is 0 Å². The summed E-state index contributed by atoms with van der Waals surface area (Å²) < 4.78 is 2.16. The molecule has 0 saturated heterocycles. The Kier molecular flexibility index (Phi) is 4.02. The minimum absolute atomic E-state index is 0.307. The molecule has 0 aliphatic rings. The quantitative estimate of drug-likeness (QED) is 0.880. The molecule has 1 heterocycles. The Balaban J connectivity index is 2.36. The van der Waals surface area contributed by atoms with Gasteiger partial charge in [-0.25, -0.2) is 4.98 Å². The second-order valence-corrected chi connectivity index (χ2v) is 4.93. The molecular weight excluding hydrogens is 224 g/mol. The van der Waals surface area contributed by atoms with Crippen molar-refractivity contribution in [3.05, 3.63) is 30.1 Å². The summed E-state index contributed by atoms with van der Waals surface area (Å²) in [5, 5.41) is 10.2. The number of aliphatic hydroxyl groups excluding tert-OH is 1. The number of aromatic nitrogens is 2. The van der Waals surface area contributed by atoms with Gasteiger partial charge in [-0.1, -0.05) is 39.3 Å². The SMILES string of the molecule is CCc1nc2ccccc2n1CC(O)C(C)CC. The molecule has 1 N–H and O–H groups in total. The lowest BCUT2D eigenvalue weighted by Crippen LogP contribution is -2.24. The van der Waals surface area contributed by atoms with Crippen LogP contribution in [0, 0.1) is 5.92 Å². The summed E-state index contributed by atoms with van der Waals surface area (Å²) in [5.74, 6) is 1.37. The molecule has 2 rings (SSSR count). The highest BCUT2D eigenvalue weighted by Gasteiger charge is 2.16. The number of para-hydroxylation sites is 2. The lowest BCUT2D eigenvalue weighted by molar-refractivity contribution is 0.0969. The molecule has 2 aromatic rings.